The SMILES string of the molecule is CNC(=O)c1cc(Oc2ccc(NC=C(C#N)c3nn[nH]n3)cc2)ccn1. The third-order valence-electron chi connectivity index (χ3n) is 3.37. The van der Waals surface area contributed by atoms with Crippen LogP contribution in [0.15, 0.2) is 48.8 Å². The van der Waals surface area contributed by atoms with E-state index in [0.29, 0.717) is 11.5 Å². The lowest BCUT2D eigenvalue weighted by Crippen LogP contribution is -2.18. The van der Waals surface area contributed by atoms with Crippen molar-refractivity contribution >= 4 is 17.2 Å². The zero-order valence-corrected chi connectivity index (χ0v) is 14.2. The van der Waals surface area contributed by atoms with Gasteiger partial charge in [0, 0.05) is 31.2 Å². The number of rotatable bonds is 6. The second-order valence-corrected chi connectivity index (χ2v) is 5.13. The highest BCUT2D eigenvalue weighted by atomic mass is 16.5. The number of aromatic nitrogens is 5. The maximum absolute atomic E-state index is 11.6. The molecule has 3 N–H and O–H groups in total. The standard InChI is InChI=1S/C17H14N8O2/c1-19-17(26)15-8-14(6-7-20-15)27-13-4-2-12(3-5-13)21-10-11(9-18)16-22-24-25-23-16/h2-8,10,21H,1H3,(H,19,26)(H,22,23,24,25). The molecule has 0 spiro atoms. The Hall–Kier alpha value is -4.26. The smallest absolute Gasteiger partial charge is 0.269 e. The van der Waals surface area contributed by atoms with Crippen LogP contribution in [-0.2, 0) is 0 Å². The van der Waals surface area contributed by atoms with Crippen LogP contribution < -0.4 is 15.4 Å². The Morgan fingerprint density at radius 2 is 2.07 bits per heavy atom. The Morgan fingerprint density at radius 3 is 2.74 bits per heavy atom. The first-order valence-corrected chi connectivity index (χ1v) is 7.76. The van der Waals surface area contributed by atoms with Gasteiger partial charge in [-0.15, -0.1) is 10.2 Å². The molecule has 0 aliphatic heterocycles. The number of nitrogens with one attached hydrogen (secondary N) is 3. The van der Waals surface area contributed by atoms with Gasteiger partial charge in [-0.2, -0.15) is 10.5 Å². The van der Waals surface area contributed by atoms with Gasteiger partial charge in [0.1, 0.15) is 28.8 Å². The van der Waals surface area contributed by atoms with Crippen molar-refractivity contribution in [2.24, 2.45) is 0 Å². The van der Waals surface area contributed by atoms with E-state index in [2.05, 4.69) is 36.2 Å². The number of nitriles is 1. The van der Waals surface area contributed by atoms with E-state index in [0.717, 1.165) is 5.69 Å². The molecule has 10 heteroatoms. The topological polar surface area (TPSA) is 142 Å². The first kappa shape index (κ1) is 17.6. The molecule has 0 radical (unpaired) electrons. The number of aromatic amines is 1. The van der Waals surface area contributed by atoms with E-state index >= 15 is 0 Å². The number of hydrogen-bond donors (Lipinski definition) is 3. The van der Waals surface area contributed by atoms with Gasteiger partial charge in [-0.25, -0.2) is 0 Å². The van der Waals surface area contributed by atoms with E-state index in [9.17, 15) is 4.79 Å². The molecule has 3 rings (SSSR count). The second kappa shape index (κ2) is 8.21. The minimum atomic E-state index is -0.290. The highest BCUT2D eigenvalue weighted by molar-refractivity contribution is 5.92. The number of pyridine rings is 1. The molecule has 0 saturated carbocycles. The normalized spacial score (nSPS) is 10.7. The average Bonchev–Trinajstić information content (AvgIpc) is 3.24. The molecule has 0 fully saturated rings. The Kier molecular flexibility index (Phi) is 5.34. The summed E-state index contributed by atoms with van der Waals surface area (Å²) < 4.78 is 5.73. The van der Waals surface area contributed by atoms with Gasteiger partial charge in [0.25, 0.3) is 5.91 Å². The summed E-state index contributed by atoms with van der Waals surface area (Å²) in [5.41, 5.74) is 1.24. The van der Waals surface area contributed by atoms with E-state index in [1.807, 2.05) is 6.07 Å². The van der Waals surface area contributed by atoms with Crippen molar-refractivity contribution in [3.8, 4) is 17.6 Å². The number of carbonyl (C=O) groups excluding carboxylic acids is 1. The van der Waals surface area contributed by atoms with Gasteiger partial charge in [0.15, 0.2) is 0 Å². The van der Waals surface area contributed by atoms with Crippen molar-refractivity contribution in [3.63, 3.8) is 0 Å². The van der Waals surface area contributed by atoms with Crippen molar-refractivity contribution in [2.75, 3.05) is 12.4 Å². The van der Waals surface area contributed by atoms with E-state index in [-0.39, 0.29) is 23.0 Å². The fourth-order valence-electron chi connectivity index (χ4n) is 2.06. The van der Waals surface area contributed by atoms with Crippen LogP contribution in [0, 0.1) is 11.3 Å². The van der Waals surface area contributed by atoms with Crippen LogP contribution in [0.1, 0.15) is 16.3 Å². The van der Waals surface area contributed by atoms with Crippen LogP contribution in [0.25, 0.3) is 5.57 Å². The lowest BCUT2D eigenvalue weighted by atomic mass is 10.2. The predicted molar refractivity (Wildman–Crippen MR) is 95.5 cm³/mol. The molecule has 1 amide bonds. The summed E-state index contributed by atoms with van der Waals surface area (Å²) in [6, 6.07) is 12.2. The molecular formula is C17H14N8O2. The zero-order valence-electron chi connectivity index (χ0n) is 14.2. The van der Waals surface area contributed by atoms with Gasteiger partial charge in [-0.3, -0.25) is 9.78 Å². The van der Waals surface area contributed by atoms with Crippen molar-refractivity contribution in [3.05, 3.63) is 60.3 Å². The average molecular weight is 362 g/mol. The van der Waals surface area contributed by atoms with E-state index in [4.69, 9.17) is 10.00 Å². The maximum Gasteiger partial charge on any atom is 0.269 e. The van der Waals surface area contributed by atoms with Crippen LogP contribution in [0.5, 0.6) is 11.5 Å². The molecule has 134 valence electrons. The number of allylic oxidation sites excluding steroid dienone is 1. The summed E-state index contributed by atoms with van der Waals surface area (Å²) in [5.74, 6) is 0.988. The maximum atomic E-state index is 11.6. The van der Waals surface area contributed by atoms with Crippen molar-refractivity contribution < 1.29 is 9.53 Å². The number of anilines is 1. The van der Waals surface area contributed by atoms with Crippen LogP contribution in [0.4, 0.5) is 5.69 Å². The molecule has 3 aromatic rings. The lowest BCUT2D eigenvalue weighted by Gasteiger charge is -2.08. The van der Waals surface area contributed by atoms with E-state index in [1.165, 1.54) is 19.4 Å². The molecular weight excluding hydrogens is 348 g/mol. The number of carbonyl (C=O) groups is 1. The van der Waals surface area contributed by atoms with Crippen molar-refractivity contribution in [2.45, 2.75) is 0 Å². The quantitative estimate of drug-likeness (QED) is 0.563. The first-order chi connectivity index (χ1) is 13.2. The molecule has 0 atom stereocenters. The van der Waals surface area contributed by atoms with Gasteiger partial charge in [0.05, 0.1) is 0 Å². The molecule has 0 aliphatic carbocycles. The highest BCUT2D eigenvalue weighted by Gasteiger charge is 2.07. The summed E-state index contributed by atoms with van der Waals surface area (Å²) in [6.45, 7) is 0. The Balaban J connectivity index is 1.67. The number of benzene rings is 1. The minimum Gasteiger partial charge on any atom is -0.457 e. The van der Waals surface area contributed by atoms with Crippen LogP contribution in [0.2, 0.25) is 0 Å². The summed E-state index contributed by atoms with van der Waals surface area (Å²) in [6.07, 6.45) is 2.99. The van der Waals surface area contributed by atoms with E-state index in [1.54, 1.807) is 36.4 Å². The Morgan fingerprint density at radius 1 is 1.26 bits per heavy atom. The molecule has 0 bridgehead atoms. The molecule has 2 heterocycles. The monoisotopic (exact) mass is 362 g/mol. The number of ether oxygens (including phenoxy) is 1. The van der Waals surface area contributed by atoms with Gasteiger partial charge in [-0.1, -0.05) is 0 Å². The van der Waals surface area contributed by atoms with Gasteiger partial charge in [-0.05, 0) is 35.5 Å². The second-order valence-electron chi connectivity index (χ2n) is 5.13. The fraction of sp³-hybridized carbons (Fsp3) is 0.0588. The van der Waals surface area contributed by atoms with Crippen LogP contribution >= 0.6 is 0 Å². The number of nitrogens with zero attached hydrogens (tertiary/aromatic N) is 5. The molecule has 0 saturated heterocycles. The molecule has 2 aromatic heterocycles. The van der Waals surface area contributed by atoms with Crippen LogP contribution in [-0.4, -0.2) is 38.6 Å². The largest absolute Gasteiger partial charge is 0.457 e. The minimum absolute atomic E-state index is 0.203. The number of tetrazole rings is 1. The molecule has 1 aromatic carbocycles. The number of amides is 1. The van der Waals surface area contributed by atoms with Crippen LogP contribution in [0.3, 0.4) is 0 Å². The summed E-state index contributed by atoms with van der Waals surface area (Å²) in [7, 11) is 1.54. The molecule has 10 nitrogen and oxygen atoms in total. The molecule has 0 unspecified atom stereocenters. The van der Waals surface area contributed by atoms with Gasteiger partial charge >= 0.3 is 0 Å². The third-order valence-corrected chi connectivity index (χ3v) is 3.37. The summed E-state index contributed by atoms with van der Waals surface area (Å²) in [4.78, 5) is 15.6. The van der Waals surface area contributed by atoms with Gasteiger partial charge < -0.3 is 15.4 Å². The highest BCUT2D eigenvalue weighted by Crippen LogP contribution is 2.23. The van der Waals surface area contributed by atoms with Crippen molar-refractivity contribution in [1.82, 2.24) is 30.9 Å². The Labute approximate surface area is 153 Å². The van der Waals surface area contributed by atoms with Crippen molar-refractivity contribution in [1.29, 1.82) is 5.26 Å². The first-order valence-electron chi connectivity index (χ1n) is 7.76. The number of hydrogen-bond acceptors (Lipinski definition) is 8. The summed E-state index contributed by atoms with van der Waals surface area (Å²) >= 11 is 0. The number of H-pyrrole nitrogens is 1. The fourth-order valence-corrected chi connectivity index (χ4v) is 2.06. The van der Waals surface area contributed by atoms with Gasteiger partial charge in [0.2, 0.25) is 5.82 Å². The molecule has 0 aliphatic rings. The third kappa shape index (κ3) is 4.43. The Bertz CT molecular complexity index is 991. The molecule has 27 heavy (non-hydrogen) atoms. The summed E-state index contributed by atoms with van der Waals surface area (Å²) in [5, 5.41) is 27.8. The predicted octanol–water partition coefficient (Wildman–Crippen LogP) is 1.72. The lowest BCUT2D eigenvalue weighted by molar-refractivity contribution is 0.0958. The zero-order chi connectivity index (χ0) is 19.1. The van der Waals surface area contributed by atoms with E-state index < -0.39 is 0 Å².